The zero-order chi connectivity index (χ0) is 5.98. The molecule has 1 N–H and O–H groups in total. The smallest absolute Gasteiger partial charge is 0.0261 e. The fourth-order valence-electron chi connectivity index (χ4n) is 1.20. The molecular weight excluding hydrogens is 114 g/mol. The van der Waals surface area contributed by atoms with Crippen molar-refractivity contribution in [2.24, 2.45) is 0 Å². The molecule has 1 saturated heterocycles. The average molecular weight is 129 g/mol. The first-order valence-electron chi connectivity index (χ1n) is 3.54. The van der Waals surface area contributed by atoms with Crippen LogP contribution in [0.4, 0.5) is 0 Å². The van der Waals surface area contributed by atoms with E-state index in [0.717, 1.165) is 11.6 Å². The van der Waals surface area contributed by atoms with Crippen LogP contribution in [0.2, 0.25) is 11.6 Å². The summed E-state index contributed by atoms with van der Waals surface area (Å²) in [7, 11) is 0.323. The standard InChI is InChI=1S/C6H15NSi/c1-5-6(2)8-4-3-7-5/h5-7H,3-4,8H2,1-2H3. The van der Waals surface area contributed by atoms with Crippen molar-refractivity contribution in [3.05, 3.63) is 0 Å². The van der Waals surface area contributed by atoms with Gasteiger partial charge in [-0.2, -0.15) is 0 Å². The van der Waals surface area contributed by atoms with Crippen LogP contribution in [-0.4, -0.2) is 22.1 Å². The van der Waals surface area contributed by atoms with Gasteiger partial charge in [0.2, 0.25) is 0 Å². The molecule has 0 amide bonds. The molecule has 1 fully saturated rings. The Balaban J connectivity index is 2.28. The van der Waals surface area contributed by atoms with E-state index in [0.29, 0.717) is 9.52 Å². The monoisotopic (exact) mass is 129 g/mol. The topological polar surface area (TPSA) is 12.0 Å². The van der Waals surface area contributed by atoms with Crippen LogP contribution in [0.25, 0.3) is 0 Å². The van der Waals surface area contributed by atoms with Gasteiger partial charge in [-0.3, -0.25) is 0 Å². The van der Waals surface area contributed by atoms with Crippen LogP contribution >= 0.6 is 0 Å². The minimum atomic E-state index is 0.323. The van der Waals surface area contributed by atoms with Crippen LogP contribution in [0.3, 0.4) is 0 Å². The lowest BCUT2D eigenvalue weighted by molar-refractivity contribution is 0.525. The lowest BCUT2D eigenvalue weighted by Crippen LogP contribution is -2.37. The van der Waals surface area contributed by atoms with Gasteiger partial charge in [0.15, 0.2) is 0 Å². The van der Waals surface area contributed by atoms with Crippen molar-refractivity contribution in [2.45, 2.75) is 31.5 Å². The third-order valence-electron chi connectivity index (χ3n) is 2.16. The molecule has 1 nitrogen and oxygen atoms in total. The molecule has 2 unspecified atom stereocenters. The van der Waals surface area contributed by atoms with Gasteiger partial charge in [-0.15, -0.1) is 0 Å². The van der Waals surface area contributed by atoms with Crippen molar-refractivity contribution < 1.29 is 0 Å². The van der Waals surface area contributed by atoms with E-state index in [1.54, 1.807) is 0 Å². The third kappa shape index (κ3) is 1.33. The Morgan fingerprint density at radius 2 is 2.25 bits per heavy atom. The molecule has 0 bridgehead atoms. The summed E-state index contributed by atoms with van der Waals surface area (Å²) in [5.41, 5.74) is 1.03. The molecular formula is C6H15NSi. The van der Waals surface area contributed by atoms with Crippen LogP contribution < -0.4 is 5.32 Å². The lowest BCUT2D eigenvalue weighted by Gasteiger charge is -2.25. The van der Waals surface area contributed by atoms with Crippen LogP contribution in [0, 0.1) is 0 Å². The number of hydrogen-bond donors (Lipinski definition) is 1. The maximum absolute atomic E-state index is 3.47. The molecule has 0 spiro atoms. The van der Waals surface area contributed by atoms with Crippen LogP contribution in [0.5, 0.6) is 0 Å². The highest BCUT2D eigenvalue weighted by molar-refractivity contribution is 6.38. The fourth-order valence-corrected chi connectivity index (χ4v) is 2.92. The van der Waals surface area contributed by atoms with Crippen LogP contribution in [-0.2, 0) is 0 Å². The van der Waals surface area contributed by atoms with Gasteiger partial charge < -0.3 is 5.32 Å². The fraction of sp³-hybridized carbons (Fsp3) is 1.00. The summed E-state index contributed by atoms with van der Waals surface area (Å²) in [4.78, 5) is 0. The van der Waals surface area contributed by atoms with E-state index in [1.807, 2.05) is 0 Å². The van der Waals surface area contributed by atoms with Crippen LogP contribution in [0.15, 0.2) is 0 Å². The second kappa shape index (κ2) is 2.64. The molecule has 48 valence electrons. The van der Waals surface area contributed by atoms with Crippen molar-refractivity contribution in [1.29, 1.82) is 0 Å². The van der Waals surface area contributed by atoms with Gasteiger partial charge in [0, 0.05) is 15.6 Å². The molecule has 0 aromatic heterocycles. The van der Waals surface area contributed by atoms with Crippen molar-refractivity contribution in [2.75, 3.05) is 6.54 Å². The van der Waals surface area contributed by atoms with E-state index < -0.39 is 0 Å². The molecule has 2 atom stereocenters. The summed E-state index contributed by atoms with van der Waals surface area (Å²) >= 11 is 0. The largest absolute Gasteiger partial charge is 0.315 e. The van der Waals surface area contributed by atoms with Gasteiger partial charge in [0.25, 0.3) is 0 Å². The first-order chi connectivity index (χ1) is 3.80. The van der Waals surface area contributed by atoms with E-state index in [1.165, 1.54) is 12.6 Å². The molecule has 1 aliphatic rings. The Labute approximate surface area is 53.7 Å². The molecule has 1 aliphatic heterocycles. The molecule has 0 saturated carbocycles. The number of rotatable bonds is 0. The third-order valence-corrected chi connectivity index (χ3v) is 4.54. The number of nitrogens with one attached hydrogen (secondary N) is 1. The van der Waals surface area contributed by atoms with Crippen molar-refractivity contribution >= 4 is 9.52 Å². The molecule has 0 aliphatic carbocycles. The molecule has 0 aromatic rings. The molecule has 2 heteroatoms. The molecule has 0 aromatic carbocycles. The summed E-state index contributed by atoms with van der Waals surface area (Å²) in [6.45, 7) is 5.97. The Morgan fingerprint density at radius 3 is 2.62 bits per heavy atom. The average Bonchev–Trinajstić information content (AvgIpc) is 1.77. The predicted octanol–water partition coefficient (Wildman–Crippen LogP) is 0.374. The predicted molar refractivity (Wildman–Crippen MR) is 40.2 cm³/mol. The zero-order valence-corrected chi connectivity index (χ0v) is 7.19. The quantitative estimate of drug-likeness (QED) is 0.466. The molecule has 0 radical (unpaired) electrons. The maximum atomic E-state index is 3.47. The second-order valence-electron chi connectivity index (χ2n) is 2.86. The second-order valence-corrected chi connectivity index (χ2v) is 5.43. The summed E-state index contributed by atoms with van der Waals surface area (Å²) in [6.07, 6.45) is 0. The SMILES string of the molecule is CC1NCC[SiH2]C1C. The van der Waals surface area contributed by atoms with Crippen molar-refractivity contribution in [3.63, 3.8) is 0 Å². The minimum Gasteiger partial charge on any atom is -0.315 e. The van der Waals surface area contributed by atoms with Gasteiger partial charge in [-0.25, -0.2) is 0 Å². The Morgan fingerprint density at radius 1 is 1.50 bits per heavy atom. The highest BCUT2D eigenvalue weighted by Gasteiger charge is 2.15. The minimum absolute atomic E-state index is 0.323. The highest BCUT2D eigenvalue weighted by atomic mass is 28.2. The van der Waals surface area contributed by atoms with E-state index in [2.05, 4.69) is 19.2 Å². The number of hydrogen-bond acceptors (Lipinski definition) is 1. The van der Waals surface area contributed by atoms with E-state index in [-0.39, 0.29) is 0 Å². The molecule has 1 rings (SSSR count). The normalized spacial score (nSPS) is 42.8. The van der Waals surface area contributed by atoms with Crippen LogP contribution in [0.1, 0.15) is 13.8 Å². The van der Waals surface area contributed by atoms with Gasteiger partial charge in [-0.05, 0) is 19.0 Å². The van der Waals surface area contributed by atoms with Gasteiger partial charge in [0.1, 0.15) is 0 Å². The van der Waals surface area contributed by atoms with Crippen molar-refractivity contribution in [1.82, 2.24) is 5.32 Å². The first kappa shape index (κ1) is 6.30. The molecule has 8 heavy (non-hydrogen) atoms. The summed E-state index contributed by atoms with van der Waals surface area (Å²) in [5.74, 6) is 0. The van der Waals surface area contributed by atoms with E-state index in [4.69, 9.17) is 0 Å². The Kier molecular flexibility index (Phi) is 2.08. The van der Waals surface area contributed by atoms with E-state index >= 15 is 0 Å². The summed E-state index contributed by atoms with van der Waals surface area (Å²) in [5, 5.41) is 3.47. The Bertz CT molecular complexity index is 64.9. The van der Waals surface area contributed by atoms with Gasteiger partial charge >= 0.3 is 0 Å². The lowest BCUT2D eigenvalue weighted by atomic mass is 10.2. The van der Waals surface area contributed by atoms with Gasteiger partial charge in [0.05, 0.1) is 0 Å². The highest BCUT2D eigenvalue weighted by Crippen LogP contribution is 2.12. The van der Waals surface area contributed by atoms with Gasteiger partial charge in [-0.1, -0.05) is 13.0 Å². The Hall–Kier alpha value is 0.177. The zero-order valence-electron chi connectivity index (χ0n) is 5.78. The first-order valence-corrected chi connectivity index (χ1v) is 5.36. The summed E-state index contributed by atoms with van der Waals surface area (Å²) < 4.78 is 0. The van der Waals surface area contributed by atoms with Crippen molar-refractivity contribution in [3.8, 4) is 0 Å². The summed E-state index contributed by atoms with van der Waals surface area (Å²) in [6, 6.07) is 2.32. The van der Waals surface area contributed by atoms with E-state index in [9.17, 15) is 0 Å². The maximum Gasteiger partial charge on any atom is 0.0261 e. The molecule has 1 heterocycles.